The molecule has 0 bridgehead atoms. The number of phenols is 1. The summed E-state index contributed by atoms with van der Waals surface area (Å²) >= 11 is 0. The summed E-state index contributed by atoms with van der Waals surface area (Å²) in [6.07, 6.45) is 2.48. The molecular formula is C23H23NO6. The maximum Gasteiger partial charge on any atom is 0.336 e. The number of rotatable bonds is 4. The Labute approximate surface area is 174 Å². The summed E-state index contributed by atoms with van der Waals surface area (Å²) < 4.78 is 15.8. The van der Waals surface area contributed by atoms with E-state index in [1.165, 1.54) is 20.3 Å². The van der Waals surface area contributed by atoms with E-state index in [1.807, 2.05) is 12.1 Å². The molecule has 1 aliphatic heterocycles. The minimum Gasteiger partial charge on any atom is -0.504 e. The SMILES string of the molecule is COC(=O)C1=C(C)NC2=C(C(=O)CC(c3ccco3)C2)C1c1ccc(O)c(OC)c1. The van der Waals surface area contributed by atoms with Crippen LogP contribution in [-0.2, 0) is 14.3 Å². The van der Waals surface area contributed by atoms with Gasteiger partial charge < -0.3 is 24.3 Å². The minimum absolute atomic E-state index is 0.0161. The van der Waals surface area contributed by atoms with E-state index in [-0.39, 0.29) is 29.6 Å². The van der Waals surface area contributed by atoms with Crippen molar-refractivity contribution in [3.8, 4) is 11.5 Å². The van der Waals surface area contributed by atoms with E-state index in [0.717, 1.165) is 11.5 Å². The number of Topliss-reactive ketones (excluding diaryl/α,β-unsaturated/α-hetero) is 1. The van der Waals surface area contributed by atoms with E-state index in [0.29, 0.717) is 28.8 Å². The van der Waals surface area contributed by atoms with Gasteiger partial charge in [0.1, 0.15) is 5.76 Å². The van der Waals surface area contributed by atoms with Gasteiger partial charge in [0.15, 0.2) is 17.3 Å². The summed E-state index contributed by atoms with van der Waals surface area (Å²) in [6, 6.07) is 8.53. The molecular weight excluding hydrogens is 386 g/mol. The highest BCUT2D eigenvalue weighted by Gasteiger charge is 2.42. The monoisotopic (exact) mass is 409 g/mol. The second kappa shape index (κ2) is 7.74. The van der Waals surface area contributed by atoms with Crippen LogP contribution in [0.1, 0.15) is 42.9 Å². The van der Waals surface area contributed by atoms with Crippen molar-refractivity contribution < 1.29 is 28.6 Å². The van der Waals surface area contributed by atoms with Gasteiger partial charge in [-0.15, -0.1) is 0 Å². The number of nitrogens with one attached hydrogen (secondary N) is 1. The molecule has 2 heterocycles. The van der Waals surface area contributed by atoms with Gasteiger partial charge in [0, 0.05) is 35.2 Å². The Kier molecular flexibility index (Phi) is 5.11. The Morgan fingerprint density at radius 3 is 2.70 bits per heavy atom. The molecule has 4 rings (SSSR count). The van der Waals surface area contributed by atoms with Crippen molar-refractivity contribution in [1.82, 2.24) is 5.32 Å². The first kappa shape index (κ1) is 19.8. The van der Waals surface area contributed by atoms with E-state index < -0.39 is 11.9 Å². The number of hydrogen-bond acceptors (Lipinski definition) is 7. The molecule has 1 aliphatic carbocycles. The number of esters is 1. The second-order valence-electron chi connectivity index (χ2n) is 7.46. The van der Waals surface area contributed by atoms with Crippen LogP contribution in [0.15, 0.2) is 63.6 Å². The Morgan fingerprint density at radius 2 is 2.03 bits per heavy atom. The Bertz CT molecular complexity index is 1060. The lowest BCUT2D eigenvalue weighted by atomic mass is 9.72. The van der Waals surface area contributed by atoms with Crippen LogP contribution in [0.5, 0.6) is 11.5 Å². The van der Waals surface area contributed by atoms with Gasteiger partial charge in [-0.2, -0.15) is 0 Å². The molecule has 0 spiro atoms. The molecule has 0 saturated carbocycles. The van der Waals surface area contributed by atoms with E-state index in [9.17, 15) is 14.7 Å². The highest BCUT2D eigenvalue weighted by Crippen LogP contribution is 2.46. The molecule has 0 fully saturated rings. The van der Waals surface area contributed by atoms with Crippen molar-refractivity contribution >= 4 is 11.8 Å². The van der Waals surface area contributed by atoms with Crippen LogP contribution >= 0.6 is 0 Å². The lowest BCUT2D eigenvalue weighted by molar-refractivity contribution is -0.136. The summed E-state index contributed by atoms with van der Waals surface area (Å²) in [5, 5.41) is 13.3. The zero-order chi connectivity index (χ0) is 21.4. The molecule has 2 N–H and O–H groups in total. The standard InChI is InChI=1S/C23H23NO6/c1-12-20(23(27)29-3)21(13-6-7-16(25)19(11-13)28-2)22-15(24-12)9-14(10-17(22)26)18-5-4-8-30-18/h4-8,11,14,21,24-25H,9-10H2,1-3H3. The first-order valence-electron chi connectivity index (χ1n) is 9.67. The Morgan fingerprint density at radius 1 is 1.23 bits per heavy atom. The van der Waals surface area contributed by atoms with Gasteiger partial charge in [-0.25, -0.2) is 4.79 Å². The maximum atomic E-state index is 13.3. The molecule has 0 radical (unpaired) electrons. The Balaban J connectivity index is 1.85. The topological polar surface area (TPSA) is 98.0 Å². The van der Waals surface area contributed by atoms with Crippen LogP contribution in [0, 0.1) is 0 Å². The zero-order valence-electron chi connectivity index (χ0n) is 17.0. The smallest absolute Gasteiger partial charge is 0.336 e. The molecule has 1 aromatic carbocycles. The molecule has 156 valence electrons. The second-order valence-corrected chi connectivity index (χ2v) is 7.46. The fourth-order valence-corrected chi connectivity index (χ4v) is 4.35. The minimum atomic E-state index is -0.617. The molecule has 2 atom stereocenters. The third-order valence-corrected chi connectivity index (χ3v) is 5.72. The maximum absolute atomic E-state index is 13.3. The molecule has 1 aromatic heterocycles. The van der Waals surface area contributed by atoms with Gasteiger partial charge >= 0.3 is 5.97 Å². The fraction of sp³-hybridized carbons (Fsp3) is 0.304. The van der Waals surface area contributed by atoms with Crippen molar-refractivity contribution in [2.45, 2.75) is 31.6 Å². The number of phenolic OH excluding ortho intramolecular Hbond substituents is 1. The van der Waals surface area contributed by atoms with Crippen molar-refractivity contribution in [2.24, 2.45) is 0 Å². The van der Waals surface area contributed by atoms with Gasteiger partial charge in [-0.05, 0) is 43.2 Å². The van der Waals surface area contributed by atoms with E-state index in [1.54, 1.807) is 25.3 Å². The number of aromatic hydroxyl groups is 1. The van der Waals surface area contributed by atoms with Crippen LogP contribution in [0.4, 0.5) is 0 Å². The summed E-state index contributed by atoms with van der Waals surface area (Å²) in [7, 11) is 2.77. The average molecular weight is 409 g/mol. The number of hydrogen-bond donors (Lipinski definition) is 2. The first-order valence-corrected chi connectivity index (χ1v) is 9.67. The van der Waals surface area contributed by atoms with Crippen molar-refractivity contribution in [3.05, 3.63) is 70.5 Å². The van der Waals surface area contributed by atoms with Gasteiger partial charge in [-0.3, -0.25) is 4.79 Å². The zero-order valence-corrected chi connectivity index (χ0v) is 17.0. The molecule has 0 amide bonds. The van der Waals surface area contributed by atoms with Gasteiger partial charge in [0.25, 0.3) is 0 Å². The number of allylic oxidation sites excluding steroid dienone is 3. The fourth-order valence-electron chi connectivity index (χ4n) is 4.35. The number of carbonyl (C=O) groups excluding carboxylic acids is 2. The van der Waals surface area contributed by atoms with E-state index in [4.69, 9.17) is 13.9 Å². The van der Waals surface area contributed by atoms with Crippen molar-refractivity contribution in [1.29, 1.82) is 0 Å². The summed E-state index contributed by atoms with van der Waals surface area (Å²) in [5.74, 6) is -0.237. The first-order chi connectivity index (χ1) is 14.4. The molecule has 2 unspecified atom stereocenters. The number of furan rings is 1. The number of carbonyl (C=O) groups is 2. The number of benzene rings is 1. The Hall–Kier alpha value is -3.48. The third-order valence-electron chi connectivity index (χ3n) is 5.72. The van der Waals surface area contributed by atoms with Crippen molar-refractivity contribution in [2.75, 3.05) is 14.2 Å². The molecule has 7 heteroatoms. The van der Waals surface area contributed by atoms with Gasteiger partial charge in [0.05, 0.1) is 26.1 Å². The van der Waals surface area contributed by atoms with Crippen LogP contribution < -0.4 is 10.1 Å². The average Bonchev–Trinajstić information content (AvgIpc) is 3.27. The predicted molar refractivity (Wildman–Crippen MR) is 108 cm³/mol. The van der Waals surface area contributed by atoms with E-state index >= 15 is 0 Å². The summed E-state index contributed by atoms with van der Waals surface area (Å²) in [5.41, 5.74) is 2.98. The molecule has 7 nitrogen and oxygen atoms in total. The summed E-state index contributed by atoms with van der Waals surface area (Å²) in [4.78, 5) is 26.0. The van der Waals surface area contributed by atoms with Crippen LogP contribution in [0.25, 0.3) is 0 Å². The lowest BCUT2D eigenvalue weighted by Crippen LogP contribution is -2.36. The summed E-state index contributed by atoms with van der Waals surface area (Å²) in [6.45, 7) is 1.79. The number of methoxy groups -OCH3 is 2. The molecule has 0 saturated heterocycles. The van der Waals surface area contributed by atoms with Gasteiger partial charge in [-0.1, -0.05) is 6.07 Å². The number of ketones is 1. The lowest BCUT2D eigenvalue weighted by Gasteiger charge is -2.36. The normalized spacial score (nSPS) is 21.2. The quantitative estimate of drug-likeness (QED) is 0.746. The van der Waals surface area contributed by atoms with Crippen LogP contribution in [-0.4, -0.2) is 31.1 Å². The largest absolute Gasteiger partial charge is 0.504 e. The van der Waals surface area contributed by atoms with Crippen LogP contribution in [0.3, 0.4) is 0 Å². The molecule has 30 heavy (non-hydrogen) atoms. The number of dihydropyridines is 1. The highest BCUT2D eigenvalue weighted by molar-refractivity contribution is 6.04. The van der Waals surface area contributed by atoms with Crippen molar-refractivity contribution in [3.63, 3.8) is 0 Å². The third kappa shape index (κ3) is 3.26. The molecule has 2 aromatic rings. The predicted octanol–water partition coefficient (Wildman–Crippen LogP) is 3.53. The van der Waals surface area contributed by atoms with Crippen LogP contribution in [0.2, 0.25) is 0 Å². The number of ether oxygens (including phenoxy) is 2. The van der Waals surface area contributed by atoms with E-state index in [2.05, 4.69) is 5.32 Å². The van der Waals surface area contributed by atoms with Gasteiger partial charge in [0.2, 0.25) is 0 Å². The highest BCUT2D eigenvalue weighted by atomic mass is 16.5. The molecule has 2 aliphatic rings.